The van der Waals surface area contributed by atoms with Gasteiger partial charge in [0, 0.05) is 0 Å². The van der Waals surface area contributed by atoms with E-state index in [0.717, 1.165) is 18.6 Å². The SMILES string of the molecule is CCc1ccc(OC)cc1.CCc1ccccc1. The van der Waals surface area contributed by atoms with Crippen LogP contribution in [0.1, 0.15) is 25.0 Å². The maximum absolute atomic E-state index is 5.01. The monoisotopic (exact) mass is 242 g/mol. The van der Waals surface area contributed by atoms with Gasteiger partial charge in [0.05, 0.1) is 7.11 Å². The Hall–Kier alpha value is -1.76. The van der Waals surface area contributed by atoms with Crippen molar-refractivity contribution >= 4 is 0 Å². The van der Waals surface area contributed by atoms with Crippen LogP contribution in [0, 0.1) is 0 Å². The topological polar surface area (TPSA) is 9.23 Å². The van der Waals surface area contributed by atoms with Crippen molar-refractivity contribution in [3.8, 4) is 5.75 Å². The van der Waals surface area contributed by atoms with Crippen LogP contribution in [0.15, 0.2) is 54.6 Å². The molecule has 0 saturated carbocycles. The standard InChI is InChI=1S/C9H12O.C8H10/c1-3-8-4-6-9(10-2)7-5-8;1-2-8-6-4-3-5-7-8/h4-7H,3H2,1-2H3;3-7H,2H2,1H3. The smallest absolute Gasteiger partial charge is 0.118 e. The minimum absolute atomic E-state index is 0.928. The number of aryl methyl sites for hydroxylation is 2. The summed E-state index contributed by atoms with van der Waals surface area (Å²) in [6, 6.07) is 18.6. The molecule has 2 aromatic carbocycles. The summed E-state index contributed by atoms with van der Waals surface area (Å²) in [5.41, 5.74) is 2.76. The van der Waals surface area contributed by atoms with Crippen molar-refractivity contribution in [1.82, 2.24) is 0 Å². The van der Waals surface area contributed by atoms with Gasteiger partial charge in [0.1, 0.15) is 5.75 Å². The Kier molecular flexibility index (Phi) is 6.63. The second kappa shape index (κ2) is 8.35. The molecule has 0 spiro atoms. The van der Waals surface area contributed by atoms with Crippen molar-refractivity contribution in [3.63, 3.8) is 0 Å². The van der Waals surface area contributed by atoms with Gasteiger partial charge < -0.3 is 4.74 Å². The average molecular weight is 242 g/mol. The fraction of sp³-hybridized carbons (Fsp3) is 0.294. The molecule has 0 N–H and O–H groups in total. The van der Waals surface area contributed by atoms with E-state index < -0.39 is 0 Å². The van der Waals surface area contributed by atoms with Gasteiger partial charge in [0.15, 0.2) is 0 Å². The zero-order chi connectivity index (χ0) is 13.2. The van der Waals surface area contributed by atoms with E-state index in [2.05, 4.69) is 50.2 Å². The minimum atomic E-state index is 0.928. The predicted octanol–water partition coefficient (Wildman–Crippen LogP) is 4.51. The Balaban J connectivity index is 0.000000184. The van der Waals surface area contributed by atoms with Crippen molar-refractivity contribution in [2.45, 2.75) is 26.7 Å². The molecule has 0 saturated heterocycles. The van der Waals surface area contributed by atoms with E-state index in [0.29, 0.717) is 0 Å². The van der Waals surface area contributed by atoms with Crippen molar-refractivity contribution in [1.29, 1.82) is 0 Å². The molecule has 0 bridgehead atoms. The molecule has 2 rings (SSSR count). The molecule has 0 unspecified atom stereocenters. The number of hydrogen-bond donors (Lipinski definition) is 0. The van der Waals surface area contributed by atoms with Gasteiger partial charge in [0.2, 0.25) is 0 Å². The molecule has 0 heterocycles. The number of benzene rings is 2. The number of ether oxygens (including phenoxy) is 1. The first kappa shape index (κ1) is 14.3. The Morgan fingerprint density at radius 1 is 0.722 bits per heavy atom. The van der Waals surface area contributed by atoms with E-state index in [4.69, 9.17) is 4.74 Å². The molecule has 0 aromatic heterocycles. The van der Waals surface area contributed by atoms with Crippen LogP contribution in [0.5, 0.6) is 5.75 Å². The first-order valence-corrected chi connectivity index (χ1v) is 6.47. The van der Waals surface area contributed by atoms with E-state index in [1.54, 1.807) is 7.11 Å². The van der Waals surface area contributed by atoms with Gasteiger partial charge in [-0.3, -0.25) is 0 Å². The highest BCUT2D eigenvalue weighted by molar-refractivity contribution is 5.26. The molecule has 1 nitrogen and oxygen atoms in total. The summed E-state index contributed by atoms with van der Waals surface area (Å²) in [6.45, 7) is 4.30. The molecule has 0 radical (unpaired) electrons. The first-order chi connectivity index (χ1) is 8.80. The molecule has 18 heavy (non-hydrogen) atoms. The molecule has 0 aliphatic rings. The summed E-state index contributed by atoms with van der Waals surface area (Å²) < 4.78 is 5.01. The van der Waals surface area contributed by atoms with E-state index >= 15 is 0 Å². The summed E-state index contributed by atoms with van der Waals surface area (Å²) in [6.07, 6.45) is 2.23. The molecule has 0 aliphatic heterocycles. The second-order valence-corrected chi connectivity index (χ2v) is 4.04. The van der Waals surface area contributed by atoms with Gasteiger partial charge in [0.25, 0.3) is 0 Å². The lowest BCUT2D eigenvalue weighted by molar-refractivity contribution is 0.414. The normalized spacial score (nSPS) is 9.28. The van der Waals surface area contributed by atoms with Crippen LogP contribution in [0.3, 0.4) is 0 Å². The van der Waals surface area contributed by atoms with Gasteiger partial charge in [-0.2, -0.15) is 0 Å². The van der Waals surface area contributed by atoms with Crippen molar-refractivity contribution in [3.05, 3.63) is 65.7 Å². The van der Waals surface area contributed by atoms with Crippen LogP contribution in [-0.2, 0) is 12.8 Å². The fourth-order valence-electron chi connectivity index (χ4n) is 1.57. The summed E-state index contributed by atoms with van der Waals surface area (Å²) in [4.78, 5) is 0. The van der Waals surface area contributed by atoms with Crippen LogP contribution < -0.4 is 4.74 Å². The molecular weight excluding hydrogens is 220 g/mol. The zero-order valence-corrected chi connectivity index (χ0v) is 11.5. The van der Waals surface area contributed by atoms with Gasteiger partial charge in [-0.15, -0.1) is 0 Å². The van der Waals surface area contributed by atoms with Gasteiger partial charge >= 0.3 is 0 Å². The lowest BCUT2D eigenvalue weighted by atomic mass is 10.2. The first-order valence-electron chi connectivity index (χ1n) is 6.47. The summed E-state index contributed by atoms with van der Waals surface area (Å²) in [7, 11) is 1.68. The Morgan fingerprint density at radius 3 is 1.61 bits per heavy atom. The number of rotatable bonds is 3. The number of hydrogen-bond acceptors (Lipinski definition) is 1. The summed E-state index contributed by atoms with van der Waals surface area (Å²) in [5, 5.41) is 0. The third-order valence-electron chi connectivity index (χ3n) is 2.82. The van der Waals surface area contributed by atoms with E-state index in [-0.39, 0.29) is 0 Å². The molecule has 96 valence electrons. The Labute approximate surface area is 110 Å². The lowest BCUT2D eigenvalue weighted by Gasteiger charge is -1.99. The molecule has 2 aromatic rings. The third kappa shape index (κ3) is 5.05. The highest BCUT2D eigenvalue weighted by Crippen LogP contribution is 2.10. The molecule has 0 amide bonds. The van der Waals surface area contributed by atoms with Gasteiger partial charge in [-0.1, -0.05) is 56.3 Å². The quantitative estimate of drug-likeness (QED) is 0.769. The van der Waals surface area contributed by atoms with Gasteiger partial charge in [-0.05, 0) is 36.1 Å². The van der Waals surface area contributed by atoms with Crippen molar-refractivity contribution in [2.75, 3.05) is 7.11 Å². The maximum atomic E-state index is 5.01. The molecule has 0 aliphatic carbocycles. The molecular formula is C17H22O. The molecule has 0 fully saturated rings. The van der Waals surface area contributed by atoms with E-state index in [1.807, 2.05) is 18.2 Å². The van der Waals surface area contributed by atoms with Crippen molar-refractivity contribution < 1.29 is 4.74 Å². The van der Waals surface area contributed by atoms with Crippen molar-refractivity contribution in [2.24, 2.45) is 0 Å². The second-order valence-electron chi connectivity index (χ2n) is 4.04. The van der Waals surface area contributed by atoms with Crippen LogP contribution >= 0.6 is 0 Å². The van der Waals surface area contributed by atoms with Gasteiger partial charge in [-0.25, -0.2) is 0 Å². The molecule has 0 atom stereocenters. The van der Waals surface area contributed by atoms with Crippen LogP contribution in [-0.4, -0.2) is 7.11 Å². The predicted molar refractivity (Wildman–Crippen MR) is 78.2 cm³/mol. The van der Waals surface area contributed by atoms with Crippen LogP contribution in [0.2, 0.25) is 0 Å². The van der Waals surface area contributed by atoms with Crippen LogP contribution in [0.4, 0.5) is 0 Å². The average Bonchev–Trinajstić information content (AvgIpc) is 2.49. The van der Waals surface area contributed by atoms with Crippen LogP contribution in [0.25, 0.3) is 0 Å². The summed E-state index contributed by atoms with van der Waals surface area (Å²) in [5.74, 6) is 0.928. The largest absolute Gasteiger partial charge is 0.497 e. The molecule has 1 heteroatoms. The maximum Gasteiger partial charge on any atom is 0.118 e. The van der Waals surface area contributed by atoms with E-state index in [1.165, 1.54) is 11.1 Å². The Bertz CT molecular complexity index is 394. The number of methoxy groups -OCH3 is 1. The van der Waals surface area contributed by atoms with E-state index in [9.17, 15) is 0 Å². The zero-order valence-electron chi connectivity index (χ0n) is 11.5. The fourth-order valence-corrected chi connectivity index (χ4v) is 1.57. The minimum Gasteiger partial charge on any atom is -0.497 e. The summed E-state index contributed by atoms with van der Waals surface area (Å²) >= 11 is 0. The third-order valence-corrected chi connectivity index (χ3v) is 2.82. The Morgan fingerprint density at radius 2 is 1.22 bits per heavy atom. The highest BCUT2D eigenvalue weighted by Gasteiger charge is 1.89. The highest BCUT2D eigenvalue weighted by atomic mass is 16.5. The lowest BCUT2D eigenvalue weighted by Crippen LogP contribution is -1.83.